The number of halogens is 3. The number of morpholine rings is 1. The van der Waals surface area contributed by atoms with Crippen LogP contribution in [0.4, 0.5) is 16.3 Å². The summed E-state index contributed by atoms with van der Waals surface area (Å²) in [5.41, 5.74) is 3.42. The minimum atomic E-state index is -1.68. The number of benzene rings is 1. The summed E-state index contributed by atoms with van der Waals surface area (Å²) in [5, 5.41) is 2.67. The molecule has 0 aliphatic carbocycles. The molecule has 0 unspecified atom stereocenters. The van der Waals surface area contributed by atoms with Crippen LogP contribution in [0.5, 0.6) is 5.88 Å². The van der Waals surface area contributed by atoms with E-state index in [0.717, 1.165) is 35.6 Å². The van der Waals surface area contributed by atoms with E-state index in [1.165, 1.54) is 0 Å². The molecule has 2 aliphatic heterocycles. The van der Waals surface area contributed by atoms with Crippen LogP contribution in [-0.4, -0.2) is 67.6 Å². The molecule has 0 spiro atoms. The highest BCUT2D eigenvalue weighted by atomic mass is 35.6. The predicted molar refractivity (Wildman–Crippen MR) is 133 cm³/mol. The number of rotatable bonds is 7. The number of hydrogen-bond donors (Lipinski definition) is 1. The fourth-order valence-electron chi connectivity index (χ4n) is 3.57. The van der Waals surface area contributed by atoms with Crippen LogP contribution in [0.15, 0.2) is 30.3 Å². The van der Waals surface area contributed by atoms with Gasteiger partial charge in [0.15, 0.2) is 0 Å². The van der Waals surface area contributed by atoms with E-state index in [2.05, 4.69) is 10.2 Å². The number of aromatic nitrogens is 1. The zero-order valence-corrected chi connectivity index (χ0v) is 21.0. The SMILES string of the molecule is Cc1ccc(NC(=O)OCC(Cl)(Cl)Cl)cc1-c1cc(OCC2COC2)nc(N2CCOCC2)c1. The van der Waals surface area contributed by atoms with Crippen LogP contribution in [0.3, 0.4) is 0 Å². The van der Waals surface area contributed by atoms with Crippen LogP contribution in [0.1, 0.15) is 5.56 Å². The second-order valence-corrected chi connectivity index (χ2v) is 10.7. The summed E-state index contributed by atoms with van der Waals surface area (Å²) >= 11 is 16.9. The van der Waals surface area contributed by atoms with Gasteiger partial charge < -0.3 is 23.8 Å². The third-order valence-corrected chi connectivity index (χ3v) is 5.79. The van der Waals surface area contributed by atoms with Gasteiger partial charge in [-0.1, -0.05) is 40.9 Å². The highest BCUT2D eigenvalue weighted by molar-refractivity contribution is 6.67. The monoisotopic (exact) mass is 529 g/mol. The summed E-state index contributed by atoms with van der Waals surface area (Å²) in [6.45, 7) is 6.41. The van der Waals surface area contributed by atoms with Gasteiger partial charge >= 0.3 is 6.09 Å². The average Bonchev–Trinajstić information content (AvgIpc) is 2.78. The third-order valence-electron chi connectivity index (χ3n) is 5.46. The van der Waals surface area contributed by atoms with Gasteiger partial charge in [0, 0.05) is 30.8 Å². The van der Waals surface area contributed by atoms with Gasteiger partial charge in [0.25, 0.3) is 0 Å². The van der Waals surface area contributed by atoms with E-state index in [1.807, 2.05) is 31.2 Å². The smallest absolute Gasteiger partial charge is 0.411 e. The fraction of sp³-hybridized carbons (Fsp3) is 0.478. The maximum absolute atomic E-state index is 12.1. The van der Waals surface area contributed by atoms with Gasteiger partial charge in [0.1, 0.15) is 12.4 Å². The number of alkyl halides is 3. The Balaban J connectivity index is 1.58. The highest BCUT2D eigenvalue weighted by Gasteiger charge is 2.23. The van der Waals surface area contributed by atoms with Crippen LogP contribution in [0.2, 0.25) is 0 Å². The minimum Gasteiger partial charge on any atom is -0.477 e. The first-order chi connectivity index (χ1) is 16.3. The van der Waals surface area contributed by atoms with Crippen LogP contribution in [0.25, 0.3) is 11.1 Å². The number of anilines is 2. The van der Waals surface area contributed by atoms with E-state index in [4.69, 9.17) is 58.7 Å². The molecule has 4 rings (SSSR count). The largest absolute Gasteiger partial charge is 0.477 e. The van der Waals surface area contributed by atoms with Crippen molar-refractivity contribution in [2.75, 3.05) is 62.9 Å². The fourth-order valence-corrected chi connectivity index (χ4v) is 3.73. The molecule has 0 saturated carbocycles. The van der Waals surface area contributed by atoms with Gasteiger partial charge in [-0.3, -0.25) is 5.32 Å². The average molecular weight is 531 g/mol. The number of pyridine rings is 1. The lowest BCUT2D eigenvalue weighted by atomic mass is 10.0. The summed E-state index contributed by atoms with van der Waals surface area (Å²) in [5.74, 6) is 1.75. The van der Waals surface area contributed by atoms with E-state index in [9.17, 15) is 4.79 Å². The maximum atomic E-state index is 12.1. The lowest BCUT2D eigenvalue weighted by Gasteiger charge is -2.29. The van der Waals surface area contributed by atoms with Crippen molar-refractivity contribution in [2.24, 2.45) is 5.92 Å². The molecule has 8 nitrogen and oxygen atoms in total. The number of nitrogens with one attached hydrogen (secondary N) is 1. The van der Waals surface area contributed by atoms with Gasteiger partial charge in [0.05, 0.1) is 33.0 Å². The molecule has 3 heterocycles. The number of ether oxygens (including phenoxy) is 4. The Hall–Kier alpha value is -1.97. The normalized spacial score (nSPS) is 16.6. The molecule has 11 heteroatoms. The molecule has 1 amide bonds. The number of nitrogens with zero attached hydrogens (tertiary/aromatic N) is 2. The van der Waals surface area contributed by atoms with Crippen molar-refractivity contribution in [3.63, 3.8) is 0 Å². The van der Waals surface area contributed by atoms with E-state index in [0.29, 0.717) is 50.5 Å². The summed E-state index contributed by atoms with van der Waals surface area (Å²) in [4.78, 5) is 19.0. The van der Waals surface area contributed by atoms with Crippen LogP contribution < -0.4 is 15.0 Å². The standard InChI is InChI=1S/C23H26Cl3N3O5/c1-15-2-3-18(27-22(30)34-14-23(24,25)26)10-19(15)17-8-20(29-4-6-31-7-5-29)28-21(9-17)33-13-16-11-32-12-16/h2-3,8-10,16H,4-7,11-14H2,1H3,(H,27,30). The lowest BCUT2D eigenvalue weighted by molar-refractivity contribution is -0.0514. The number of aryl methyl sites for hydroxylation is 1. The molecule has 2 fully saturated rings. The molecule has 0 bridgehead atoms. The minimum absolute atomic E-state index is 0.359. The number of carbonyl (C=O) groups is 1. The molecule has 0 atom stereocenters. The molecule has 1 N–H and O–H groups in total. The van der Waals surface area contributed by atoms with Crippen molar-refractivity contribution in [1.82, 2.24) is 4.98 Å². The van der Waals surface area contributed by atoms with Gasteiger partial charge in [-0.2, -0.15) is 4.98 Å². The Morgan fingerprint density at radius 3 is 2.62 bits per heavy atom. The molecule has 184 valence electrons. The molecular weight excluding hydrogens is 505 g/mol. The molecule has 2 saturated heterocycles. The molecule has 1 aromatic carbocycles. The zero-order chi connectivity index (χ0) is 24.1. The first-order valence-corrected chi connectivity index (χ1v) is 12.1. The Labute approximate surface area is 213 Å². The van der Waals surface area contributed by atoms with Gasteiger partial charge in [-0.05, 0) is 41.8 Å². The summed E-state index contributed by atoms with van der Waals surface area (Å²) in [6.07, 6.45) is -0.711. The first-order valence-electron chi connectivity index (χ1n) is 10.9. The number of carbonyl (C=O) groups excluding carboxylic acids is 1. The van der Waals surface area contributed by atoms with E-state index < -0.39 is 9.89 Å². The van der Waals surface area contributed by atoms with Crippen molar-refractivity contribution < 1.29 is 23.7 Å². The van der Waals surface area contributed by atoms with Crippen LogP contribution in [-0.2, 0) is 14.2 Å². The third kappa shape index (κ3) is 7.02. The molecule has 1 aromatic heterocycles. The van der Waals surface area contributed by atoms with E-state index in [-0.39, 0.29) is 6.61 Å². The Morgan fingerprint density at radius 2 is 1.94 bits per heavy atom. The molecule has 34 heavy (non-hydrogen) atoms. The Kier molecular flexibility index (Phi) is 8.26. The van der Waals surface area contributed by atoms with Gasteiger partial charge in [0.2, 0.25) is 9.67 Å². The summed E-state index contributed by atoms with van der Waals surface area (Å²) in [7, 11) is 0. The summed E-state index contributed by atoms with van der Waals surface area (Å²) < 4.78 is 20.1. The first kappa shape index (κ1) is 25.1. The maximum Gasteiger partial charge on any atom is 0.411 e. The van der Waals surface area contributed by atoms with Crippen molar-refractivity contribution in [3.8, 4) is 17.0 Å². The number of amides is 1. The van der Waals surface area contributed by atoms with Crippen molar-refractivity contribution in [2.45, 2.75) is 10.7 Å². The van der Waals surface area contributed by atoms with Crippen molar-refractivity contribution in [1.29, 1.82) is 0 Å². The second kappa shape index (κ2) is 11.2. The number of hydrogen-bond acceptors (Lipinski definition) is 7. The van der Waals surface area contributed by atoms with E-state index in [1.54, 1.807) is 6.07 Å². The molecule has 2 aromatic rings. The molecular formula is C23H26Cl3N3O5. The van der Waals surface area contributed by atoms with Gasteiger partial charge in [-0.15, -0.1) is 0 Å². The Morgan fingerprint density at radius 1 is 1.18 bits per heavy atom. The van der Waals surface area contributed by atoms with E-state index >= 15 is 0 Å². The molecule has 0 radical (unpaired) electrons. The second-order valence-electron chi connectivity index (χ2n) is 8.21. The molecule has 2 aliphatic rings. The topological polar surface area (TPSA) is 82.2 Å². The van der Waals surface area contributed by atoms with Gasteiger partial charge in [-0.25, -0.2) is 4.79 Å². The van der Waals surface area contributed by atoms with Crippen LogP contribution in [0, 0.1) is 12.8 Å². The zero-order valence-electron chi connectivity index (χ0n) is 18.7. The lowest BCUT2D eigenvalue weighted by Crippen LogP contribution is -2.37. The Bertz CT molecular complexity index is 1010. The van der Waals surface area contributed by atoms with Crippen molar-refractivity contribution >= 4 is 52.4 Å². The summed E-state index contributed by atoms with van der Waals surface area (Å²) in [6, 6.07) is 9.51. The highest BCUT2D eigenvalue weighted by Crippen LogP contribution is 2.33. The van der Waals surface area contributed by atoms with Crippen molar-refractivity contribution in [3.05, 3.63) is 35.9 Å². The quantitative estimate of drug-likeness (QED) is 0.513. The van der Waals surface area contributed by atoms with Crippen LogP contribution >= 0.6 is 34.8 Å². The predicted octanol–water partition coefficient (Wildman–Crippen LogP) is 4.84.